The molecule has 3 heterocycles. The van der Waals surface area contributed by atoms with Crippen LogP contribution in [0.5, 0.6) is 11.5 Å². The summed E-state index contributed by atoms with van der Waals surface area (Å²) in [6.45, 7) is 5.92. The second kappa shape index (κ2) is 7.06. The standard InChI is InChI=1S/C19H25N3O3/c1-14-16(10-21(2)20-14)11-22(12-17-4-3-7-23-17)9-15-5-6-18-19(8-15)25-13-24-18/h5-6,8,10,17H,3-4,7,9,11-13H2,1-2H3. The number of hydrogen-bond acceptors (Lipinski definition) is 5. The fourth-order valence-electron chi connectivity index (χ4n) is 3.60. The average Bonchev–Trinajstić information content (AvgIpc) is 3.29. The first kappa shape index (κ1) is 16.4. The van der Waals surface area contributed by atoms with Gasteiger partial charge in [0.25, 0.3) is 0 Å². The molecule has 2 aromatic rings. The van der Waals surface area contributed by atoms with E-state index < -0.39 is 0 Å². The van der Waals surface area contributed by atoms with Gasteiger partial charge in [-0.3, -0.25) is 9.58 Å². The molecular formula is C19H25N3O3. The van der Waals surface area contributed by atoms with Gasteiger partial charge in [-0.25, -0.2) is 0 Å². The normalized spacial score (nSPS) is 19.1. The number of aromatic nitrogens is 2. The number of rotatable bonds is 6. The molecule has 1 saturated heterocycles. The number of benzene rings is 1. The zero-order valence-electron chi connectivity index (χ0n) is 14.9. The molecule has 134 valence electrons. The maximum Gasteiger partial charge on any atom is 0.231 e. The summed E-state index contributed by atoms with van der Waals surface area (Å²) >= 11 is 0. The Bertz CT molecular complexity index is 738. The van der Waals surface area contributed by atoms with Crippen LogP contribution in [0.15, 0.2) is 24.4 Å². The minimum absolute atomic E-state index is 0.313. The van der Waals surface area contributed by atoms with Gasteiger partial charge in [0.1, 0.15) is 0 Å². The first-order valence-corrected chi connectivity index (χ1v) is 8.89. The summed E-state index contributed by atoms with van der Waals surface area (Å²) in [6.07, 6.45) is 4.74. The molecule has 2 aliphatic heterocycles. The Morgan fingerprint density at radius 3 is 2.88 bits per heavy atom. The average molecular weight is 343 g/mol. The van der Waals surface area contributed by atoms with Crippen LogP contribution in [0.1, 0.15) is 29.7 Å². The molecule has 1 aromatic heterocycles. The summed E-state index contributed by atoms with van der Waals surface area (Å²) in [5.41, 5.74) is 3.58. The second-order valence-electron chi connectivity index (χ2n) is 6.91. The third kappa shape index (κ3) is 3.80. The summed E-state index contributed by atoms with van der Waals surface area (Å²) in [5, 5.41) is 4.47. The van der Waals surface area contributed by atoms with E-state index in [1.54, 1.807) is 0 Å². The van der Waals surface area contributed by atoms with Crippen molar-refractivity contribution in [2.75, 3.05) is 19.9 Å². The molecule has 25 heavy (non-hydrogen) atoms. The lowest BCUT2D eigenvalue weighted by Gasteiger charge is -2.25. The van der Waals surface area contributed by atoms with Gasteiger partial charge in [0, 0.05) is 45.0 Å². The largest absolute Gasteiger partial charge is 0.454 e. The van der Waals surface area contributed by atoms with Crippen LogP contribution in [0.3, 0.4) is 0 Å². The van der Waals surface area contributed by atoms with Crippen molar-refractivity contribution in [1.82, 2.24) is 14.7 Å². The number of hydrogen-bond donors (Lipinski definition) is 0. The number of aryl methyl sites for hydroxylation is 2. The molecule has 6 heteroatoms. The molecule has 0 saturated carbocycles. The smallest absolute Gasteiger partial charge is 0.231 e. The zero-order chi connectivity index (χ0) is 17.2. The first-order chi connectivity index (χ1) is 12.2. The topological polar surface area (TPSA) is 48.8 Å². The molecule has 1 atom stereocenters. The van der Waals surface area contributed by atoms with E-state index in [9.17, 15) is 0 Å². The molecule has 0 amide bonds. The van der Waals surface area contributed by atoms with Gasteiger partial charge in [-0.1, -0.05) is 6.07 Å². The summed E-state index contributed by atoms with van der Waals surface area (Å²) in [4.78, 5) is 2.44. The lowest BCUT2D eigenvalue weighted by molar-refractivity contribution is 0.0678. The van der Waals surface area contributed by atoms with Crippen LogP contribution in [0, 0.1) is 6.92 Å². The van der Waals surface area contributed by atoms with Crippen molar-refractivity contribution in [2.45, 2.75) is 39.0 Å². The molecule has 1 unspecified atom stereocenters. The molecule has 4 rings (SSSR count). The highest BCUT2D eigenvalue weighted by Gasteiger charge is 2.21. The SMILES string of the molecule is Cc1nn(C)cc1CN(Cc1ccc2c(c1)OCO2)CC1CCCO1. The van der Waals surface area contributed by atoms with Crippen molar-refractivity contribution in [1.29, 1.82) is 0 Å². The number of ether oxygens (including phenoxy) is 3. The van der Waals surface area contributed by atoms with E-state index in [2.05, 4.69) is 35.3 Å². The van der Waals surface area contributed by atoms with Crippen LogP contribution < -0.4 is 9.47 Å². The van der Waals surface area contributed by atoms with E-state index in [4.69, 9.17) is 14.2 Å². The fraction of sp³-hybridized carbons (Fsp3) is 0.526. The van der Waals surface area contributed by atoms with E-state index >= 15 is 0 Å². The van der Waals surface area contributed by atoms with Gasteiger partial charge >= 0.3 is 0 Å². The Labute approximate surface area is 148 Å². The van der Waals surface area contributed by atoms with E-state index in [0.717, 1.165) is 56.3 Å². The second-order valence-corrected chi connectivity index (χ2v) is 6.91. The molecule has 0 aliphatic carbocycles. The predicted octanol–water partition coefficient (Wildman–Crippen LogP) is 2.64. The minimum Gasteiger partial charge on any atom is -0.454 e. The minimum atomic E-state index is 0.313. The Balaban J connectivity index is 1.50. The van der Waals surface area contributed by atoms with Crippen LogP contribution in [0.4, 0.5) is 0 Å². The molecule has 1 fully saturated rings. The third-order valence-electron chi connectivity index (χ3n) is 4.84. The van der Waals surface area contributed by atoms with E-state index in [-0.39, 0.29) is 0 Å². The Hall–Kier alpha value is -2.05. The zero-order valence-corrected chi connectivity index (χ0v) is 14.9. The molecule has 0 radical (unpaired) electrons. The van der Waals surface area contributed by atoms with Gasteiger partial charge in [0.05, 0.1) is 11.8 Å². The maximum absolute atomic E-state index is 5.86. The van der Waals surface area contributed by atoms with Crippen molar-refractivity contribution in [3.8, 4) is 11.5 Å². The van der Waals surface area contributed by atoms with Gasteiger partial charge in [0.2, 0.25) is 6.79 Å². The fourth-order valence-corrected chi connectivity index (χ4v) is 3.60. The lowest BCUT2D eigenvalue weighted by atomic mass is 10.1. The van der Waals surface area contributed by atoms with Crippen LogP contribution >= 0.6 is 0 Å². The van der Waals surface area contributed by atoms with Crippen LogP contribution in [0.2, 0.25) is 0 Å². The van der Waals surface area contributed by atoms with E-state index in [1.165, 1.54) is 11.1 Å². The summed E-state index contributed by atoms with van der Waals surface area (Å²) in [5.74, 6) is 1.67. The molecule has 1 aromatic carbocycles. The van der Waals surface area contributed by atoms with Crippen LogP contribution in [0.25, 0.3) is 0 Å². The monoisotopic (exact) mass is 343 g/mol. The van der Waals surface area contributed by atoms with Crippen molar-refractivity contribution in [3.05, 3.63) is 41.2 Å². The van der Waals surface area contributed by atoms with Gasteiger partial charge in [0.15, 0.2) is 11.5 Å². The van der Waals surface area contributed by atoms with Crippen molar-refractivity contribution in [3.63, 3.8) is 0 Å². The summed E-state index contributed by atoms with van der Waals surface area (Å²) in [7, 11) is 1.97. The Kier molecular flexibility index (Phi) is 4.63. The van der Waals surface area contributed by atoms with E-state index in [0.29, 0.717) is 12.9 Å². The molecule has 6 nitrogen and oxygen atoms in total. The number of nitrogens with zero attached hydrogens (tertiary/aromatic N) is 3. The third-order valence-corrected chi connectivity index (χ3v) is 4.84. The molecular weight excluding hydrogens is 318 g/mol. The van der Waals surface area contributed by atoms with Gasteiger partial charge in [-0.15, -0.1) is 0 Å². The van der Waals surface area contributed by atoms with E-state index in [1.807, 2.05) is 17.8 Å². The van der Waals surface area contributed by atoms with Gasteiger partial charge in [-0.05, 0) is 37.5 Å². The molecule has 0 N–H and O–H groups in total. The van der Waals surface area contributed by atoms with Crippen LogP contribution in [-0.4, -0.2) is 40.7 Å². The van der Waals surface area contributed by atoms with Gasteiger partial charge in [-0.2, -0.15) is 5.10 Å². The molecule has 2 aliphatic rings. The maximum atomic E-state index is 5.86. The Morgan fingerprint density at radius 2 is 2.12 bits per heavy atom. The Morgan fingerprint density at radius 1 is 1.24 bits per heavy atom. The highest BCUT2D eigenvalue weighted by atomic mass is 16.7. The molecule has 0 bridgehead atoms. The highest BCUT2D eigenvalue weighted by Crippen LogP contribution is 2.33. The van der Waals surface area contributed by atoms with Crippen molar-refractivity contribution >= 4 is 0 Å². The quantitative estimate of drug-likeness (QED) is 0.807. The summed E-state index contributed by atoms with van der Waals surface area (Å²) < 4.78 is 18.7. The summed E-state index contributed by atoms with van der Waals surface area (Å²) in [6, 6.07) is 6.20. The highest BCUT2D eigenvalue weighted by molar-refractivity contribution is 5.44. The van der Waals surface area contributed by atoms with Crippen LogP contribution in [-0.2, 0) is 24.9 Å². The van der Waals surface area contributed by atoms with Crippen molar-refractivity contribution < 1.29 is 14.2 Å². The van der Waals surface area contributed by atoms with Gasteiger partial charge < -0.3 is 14.2 Å². The predicted molar refractivity (Wildman–Crippen MR) is 93.6 cm³/mol. The molecule has 0 spiro atoms. The van der Waals surface area contributed by atoms with Crippen molar-refractivity contribution in [2.24, 2.45) is 7.05 Å². The lowest BCUT2D eigenvalue weighted by Crippen LogP contribution is -2.31. The first-order valence-electron chi connectivity index (χ1n) is 8.89. The number of fused-ring (bicyclic) bond motifs is 1.